The average molecular weight is 416 g/mol. The highest BCUT2D eigenvalue weighted by atomic mass is 32.2. The molecule has 0 radical (unpaired) electrons. The Labute approximate surface area is 170 Å². The van der Waals surface area contributed by atoms with E-state index < -0.39 is 10.0 Å². The van der Waals surface area contributed by atoms with Gasteiger partial charge < -0.3 is 14.2 Å². The van der Waals surface area contributed by atoms with Crippen LogP contribution in [0.4, 0.5) is 11.5 Å². The van der Waals surface area contributed by atoms with Gasteiger partial charge in [0.2, 0.25) is 10.0 Å². The molecule has 4 rings (SSSR count). The smallest absolute Gasteiger partial charge is 0.243 e. The summed E-state index contributed by atoms with van der Waals surface area (Å²) in [5.41, 5.74) is 2.38. The van der Waals surface area contributed by atoms with Gasteiger partial charge in [-0.25, -0.2) is 18.4 Å². The topological polar surface area (TPSA) is 80.6 Å². The van der Waals surface area contributed by atoms with Crippen molar-refractivity contribution >= 4 is 32.6 Å². The Morgan fingerprint density at radius 2 is 1.86 bits per heavy atom. The second-order valence-electron chi connectivity index (χ2n) is 7.24. The van der Waals surface area contributed by atoms with Gasteiger partial charge in [0.25, 0.3) is 0 Å². The standard InChI is InChI=1S/C20H25N5O3S/c1-23-14-22-16-13-21-20(12-17(16)23)24(2)18-11-15(7-8-19(18)28-3)29(26,27)25-9-5-4-6-10-25/h7-8,11-14H,4-6,9-10H2,1-3H3. The largest absolute Gasteiger partial charge is 0.495 e. The second kappa shape index (κ2) is 7.64. The van der Waals surface area contributed by atoms with E-state index in [-0.39, 0.29) is 4.90 Å². The van der Waals surface area contributed by atoms with Gasteiger partial charge in [-0.3, -0.25) is 0 Å². The molecule has 3 heterocycles. The maximum absolute atomic E-state index is 13.1. The van der Waals surface area contributed by atoms with Gasteiger partial charge in [-0.1, -0.05) is 6.42 Å². The van der Waals surface area contributed by atoms with E-state index in [1.165, 1.54) is 0 Å². The van der Waals surface area contributed by atoms with E-state index in [0.29, 0.717) is 30.3 Å². The zero-order valence-corrected chi connectivity index (χ0v) is 17.7. The maximum Gasteiger partial charge on any atom is 0.243 e. The molecule has 1 aliphatic heterocycles. The van der Waals surface area contributed by atoms with Crippen LogP contribution in [0.3, 0.4) is 0 Å². The zero-order chi connectivity index (χ0) is 20.6. The van der Waals surface area contributed by atoms with Crippen LogP contribution in [-0.2, 0) is 17.1 Å². The lowest BCUT2D eigenvalue weighted by atomic mass is 10.2. The third-order valence-corrected chi connectivity index (χ3v) is 7.30. The van der Waals surface area contributed by atoms with Crippen molar-refractivity contribution in [2.45, 2.75) is 24.2 Å². The van der Waals surface area contributed by atoms with E-state index in [1.807, 2.05) is 29.6 Å². The number of sulfonamides is 1. The molecule has 154 valence electrons. The predicted octanol–water partition coefficient (Wildman–Crippen LogP) is 2.92. The van der Waals surface area contributed by atoms with Gasteiger partial charge in [0.05, 0.1) is 35.7 Å². The van der Waals surface area contributed by atoms with Crippen LogP contribution in [0.2, 0.25) is 0 Å². The number of anilines is 2. The van der Waals surface area contributed by atoms with Gasteiger partial charge in [-0.2, -0.15) is 4.31 Å². The molecule has 29 heavy (non-hydrogen) atoms. The number of benzene rings is 1. The number of piperidine rings is 1. The molecule has 0 unspecified atom stereocenters. The number of rotatable bonds is 5. The molecule has 1 fully saturated rings. The van der Waals surface area contributed by atoms with E-state index in [2.05, 4.69) is 9.97 Å². The Morgan fingerprint density at radius 3 is 2.59 bits per heavy atom. The van der Waals surface area contributed by atoms with Crippen molar-refractivity contribution in [1.82, 2.24) is 18.8 Å². The van der Waals surface area contributed by atoms with Crippen molar-refractivity contribution in [3.05, 3.63) is 36.8 Å². The second-order valence-corrected chi connectivity index (χ2v) is 9.18. The van der Waals surface area contributed by atoms with Gasteiger partial charge in [0.15, 0.2) is 0 Å². The van der Waals surface area contributed by atoms with Crippen LogP contribution >= 0.6 is 0 Å². The predicted molar refractivity (Wildman–Crippen MR) is 112 cm³/mol. The van der Waals surface area contributed by atoms with Crippen LogP contribution in [0, 0.1) is 0 Å². The number of methoxy groups -OCH3 is 1. The van der Waals surface area contributed by atoms with Crippen molar-refractivity contribution < 1.29 is 13.2 Å². The van der Waals surface area contributed by atoms with Gasteiger partial charge in [0, 0.05) is 33.3 Å². The van der Waals surface area contributed by atoms with Crippen LogP contribution < -0.4 is 9.64 Å². The molecule has 1 aromatic carbocycles. The summed E-state index contributed by atoms with van der Waals surface area (Å²) in [7, 11) is 1.80. The van der Waals surface area contributed by atoms with Crippen molar-refractivity contribution in [2.75, 3.05) is 32.1 Å². The molecule has 0 bridgehead atoms. The number of fused-ring (bicyclic) bond motifs is 1. The molecule has 0 atom stereocenters. The third kappa shape index (κ3) is 3.56. The molecule has 1 saturated heterocycles. The Kier molecular flexibility index (Phi) is 5.18. The van der Waals surface area contributed by atoms with Crippen LogP contribution in [0.15, 0.2) is 41.7 Å². The first-order valence-corrected chi connectivity index (χ1v) is 11.0. The fraction of sp³-hybridized carbons (Fsp3) is 0.400. The summed E-state index contributed by atoms with van der Waals surface area (Å²) in [6, 6.07) is 6.90. The van der Waals surface area contributed by atoms with Crippen molar-refractivity contribution in [1.29, 1.82) is 0 Å². The molecular weight excluding hydrogens is 390 g/mol. The molecule has 0 amide bonds. The number of hydrogen-bond donors (Lipinski definition) is 0. The summed E-state index contributed by atoms with van der Waals surface area (Å²) in [5.74, 6) is 1.25. The van der Waals surface area contributed by atoms with Crippen LogP contribution in [0.25, 0.3) is 11.0 Å². The van der Waals surface area contributed by atoms with Crippen LogP contribution in [0.1, 0.15) is 19.3 Å². The summed E-state index contributed by atoms with van der Waals surface area (Å²) in [5, 5.41) is 0. The quantitative estimate of drug-likeness (QED) is 0.637. The minimum Gasteiger partial charge on any atom is -0.495 e. The fourth-order valence-corrected chi connectivity index (χ4v) is 5.21. The molecule has 0 N–H and O–H groups in total. The Bertz CT molecular complexity index is 1140. The monoisotopic (exact) mass is 415 g/mol. The molecule has 0 spiro atoms. The Hall–Kier alpha value is -2.65. The summed E-state index contributed by atoms with van der Waals surface area (Å²) >= 11 is 0. The number of aromatic nitrogens is 3. The van der Waals surface area contributed by atoms with Crippen molar-refractivity contribution in [3.63, 3.8) is 0 Å². The first-order valence-electron chi connectivity index (χ1n) is 9.61. The summed E-state index contributed by atoms with van der Waals surface area (Å²) in [6.45, 7) is 1.14. The third-order valence-electron chi connectivity index (χ3n) is 5.41. The number of aryl methyl sites for hydroxylation is 1. The summed E-state index contributed by atoms with van der Waals surface area (Å²) < 4.78 is 35.2. The van der Waals surface area contributed by atoms with E-state index in [0.717, 1.165) is 30.3 Å². The van der Waals surface area contributed by atoms with Crippen LogP contribution in [-0.4, -0.2) is 54.5 Å². The van der Waals surface area contributed by atoms with E-state index >= 15 is 0 Å². The van der Waals surface area contributed by atoms with E-state index in [4.69, 9.17) is 4.74 Å². The molecule has 0 aliphatic carbocycles. The first-order chi connectivity index (χ1) is 13.9. The highest BCUT2D eigenvalue weighted by Crippen LogP contribution is 2.35. The number of pyridine rings is 1. The van der Waals surface area contributed by atoms with Gasteiger partial charge in [0.1, 0.15) is 17.1 Å². The van der Waals surface area contributed by atoms with Crippen LogP contribution in [0.5, 0.6) is 5.75 Å². The Balaban J connectivity index is 1.75. The van der Waals surface area contributed by atoms with E-state index in [1.54, 1.807) is 42.1 Å². The SMILES string of the molecule is COc1ccc(S(=O)(=O)N2CCCCC2)cc1N(C)c1cc2c(cn1)ncn2C. The van der Waals surface area contributed by atoms with Crippen molar-refractivity contribution in [2.24, 2.45) is 7.05 Å². The molecule has 0 saturated carbocycles. The summed E-state index contributed by atoms with van der Waals surface area (Å²) in [6.07, 6.45) is 6.32. The maximum atomic E-state index is 13.1. The molecule has 1 aliphatic rings. The fourth-order valence-electron chi connectivity index (χ4n) is 3.67. The van der Waals surface area contributed by atoms with Crippen molar-refractivity contribution in [3.8, 4) is 5.75 Å². The highest BCUT2D eigenvalue weighted by molar-refractivity contribution is 7.89. The lowest BCUT2D eigenvalue weighted by Gasteiger charge is -2.27. The summed E-state index contributed by atoms with van der Waals surface area (Å²) in [4.78, 5) is 10.9. The number of ether oxygens (including phenoxy) is 1. The van der Waals surface area contributed by atoms with Gasteiger partial charge in [-0.05, 0) is 31.0 Å². The number of imidazole rings is 1. The number of nitrogens with zero attached hydrogens (tertiary/aromatic N) is 5. The minimum atomic E-state index is -3.54. The first kappa shape index (κ1) is 19.7. The number of hydrogen-bond acceptors (Lipinski definition) is 6. The highest BCUT2D eigenvalue weighted by Gasteiger charge is 2.27. The molecular formula is C20H25N5O3S. The minimum absolute atomic E-state index is 0.267. The molecule has 3 aromatic rings. The van der Waals surface area contributed by atoms with Gasteiger partial charge >= 0.3 is 0 Å². The average Bonchev–Trinajstić information content (AvgIpc) is 3.13. The molecule has 9 heteroatoms. The molecule has 2 aromatic heterocycles. The Morgan fingerprint density at radius 1 is 1.10 bits per heavy atom. The lowest BCUT2D eigenvalue weighted by molar-refractivity contribution is 0.346. The van der Waals surface area contributed by atoms with Gasteiger partial charge in [-0.15, -0.1) is 0 Å². The normalized spacial score (nSPS) is 15.6. The molecule has 8 nitrogen and oxygen atoms in total. The lowest BCUT2D eigenvalue weighted by Crippen LogP contribution is -2.35. The zero-order valence-electron chi connectivity index (χ0n) is 16.9. The van der Waals surface area contributed by atoms with E-state index in [9.17, 15) is 8.42 Å².